The molecule has 2 aromatic carbocycles. The van der Waals surface area contributed by atoms with Crippen LogP contribution in [0.25, 0.3) is 11.3 Å². The third-order valence-corrected chi connectivity index (χ3v) is 5.71. The molecule has 0 spiro atoms. The van der Waals surface area contributed by atoms with Gasteiger partial charge in [-0.3, -0.25) is 0 Å². The number of esters is 1. The Kier molecular flexibility index (Phi) is 5.03. The molecule has 0 aliphatic carbocycles. The average molecular weight is 430 g/mol. The zero-order valence-electron chi connectivity index (χ0n) is 17.6. The molecule has 1 unspecified atom stereocenters. The fourth-order valence-corrected chi connectivity index (χ4v) is 4.10. The summed E-state index contributed by atoms with van der Waals surface area (Å²) in [4.78, 5) is 29.5. The second-order valence-electron chi connectivity index (χ2n) is 7.80. The Morgan fingerprint density at radius 1 is 0.906 bits per heavy atom. The van der Waals surface area contributed by atoms with Crippen LogP contribution < -0.4 is 4.74 Å². The van der Waals surface area contributed by atoms with E-state index in [0.29, 0.717) is 19.7 Å². The average Bonchev–Trinajstić information content (AvgIpc) is 3.24. The van der Waals surface area contributed by atoms with Crippen molar-refractivity contribution >= 4 is 11.9 Å². The summed E-state index contributed by atoms with van der Waals surface area (Å²) in [5, 5.41) is 1.43. The Balaban J connectivity index is 1.39. The predicted octanol–water partition coefficient (Wildman–Crippen LogP) is 3.79. The summed E-state index contributed by atoms with van der Waals surface area (Å²) in [5.41, 5.74) is 2.62. The fourth-order valence-electron chi connectivity index (χ4n) is 4.10. The molecule has 32 heavy (non-hydrogen) atoms. The first-order chi connectivity index (χ1) is 15.5. The molecule has 0 saturated carbocycles. The molecule has 7 heteroatoms. The van der Waals surface area contributed by atoms with Crippen molar-refractivity contribution in [3.05, 3.63) is 90.1 Å². The molecular weight excluding hydrogens is 408 g/mol. The Hall–Kier alpha value is -3.84. The first kappa shape index (κ1) is 20.1. The van der Waals surface area contributed by atoms with Crippen LogP contribution in [0, 0.1) is 0 Å². The van der Waals surface area contributed by atoms with Gasteiger partial charge in [0.05, 0.1) is 12.2 Å². The van der Waals surface area contributed by atoms with Crippen LogP contribution in [-0.2, 0) is 38.0 Å². The second kappa shape index (κ2) is 8.01. The maximum Gasteiger partial charge on any atom is 0.350 e. The summed E-state index contributed by atoms with van der Waals surface area (Å²) in [7, 11) is 0. The summed E-state index contributed by atoms with van der Waals surface area (Å²) >= 11 is 0. The molecule has 0 N–H and O–H groups in total. The van der Waals surface area contributed by atoms with Crippen LogP contribution in [0.2, 0.25) is 0 Å². The van der Waals surface area contributed by atoms with Gasteiger partial charge in [0, 0.05) is 24.4 Å². The topological polar surface area (TPSA) is 70.0 Å². The second-order valence-corrected chi connectivity index (χ2v) is 7.80. The van der Waals surface area contributed by atoms with Crippen molar-refractivity contribution in [3.8, 4) is 17.0 Å². The van der Waals surface area contributed by atoms with Crippen molar-refractivity contribution in [2.75, 3.05) is 6.54 Å². The van der Waals surface area contributed by atoms with Crippen molar-refractivity contribution < 1.29 is 23.9 Å². The third kappa shape index (κ3) is 3.67. The van der Waals surface area contributed by atoms with E-state index in [0.717, 1.165) is 40.4 Å². The van der Waals surface area contributed by atoms with E-state index in [9.17, 15) is 9.59 Å². The lowest BCUT2D eigenvalue weighted by Gasteiger charge is -2.42. The standard InChI is InChI=1S/C25H22N2O5/c1-25-22-12-11-21(26(22)15-16-27(25)32-24(29)14-13-23(28)31-25)19-7-9-20(10-8-19)30-17-18-5-3-2-4-6-18/h2-14H,15-17H2,1H3/b14-13+. The van der Waals surface area contributed by atoms with Gasteiger partial charge in [-0.15, -0.1) is 0 Å². The number of benzene rings is 2. The Labute approximate surface area is 185 Å². The Morgan fingerprint density at radius 3 is 2.44 bits per heavy atom. The van der Waals surface area contributed by atoms with Gasteiger partial charge in [0.25, 0.3) is 0 Å². The van der Waals surface area contributed by atoms with E-state index in [1.807, 2.05) is 66.7 Å². The van der Waals surface area contributed by atoms with Gasteiger partial charge < -0.3 is 18.9 Å². The molecule has 5 rings (SSSR count). The van der Waals surface area contributed by atoms with Crippen LogP contribution in [0.4, 0.5) is 0 Å². The summed E-state index contributed by atoms with van der Waals surface area (Å²) in [6.45, 7) is 3.20. The normalized spacial score (nSPS) is 21.4. The van der Waals surface area contributed by atoms with Crippen molar-refractivity contribution in [2.24, 2.45) is 0 Å². The van der Waals surface area contributed by atoms with E-state index in [-0.39, 0.29) is 0 Å². The Morgan fingerprint density at radius 2 is 1.66 bits per heavy atom. The number of ether oxygens (including phenoxy) is 2. The highest BCUT2D eigenvalue weighted by Crippen LogP contribution is 2.38. The lowest BCUT2D eigenvalue weighted by molar-refractivity contribution is -0.291. The van der Waals surface area contributed by atoms with Gasteiger partial charge in [-0.25, -0.2) is 9.59 Å². The number of nitrogens with zero attached hydrogens (tertiary/aromatic N) is 2. The predicted molar refractivity (Wildman–Crippen MR) is 116 cm³/mol. The van der Waals surface area contributed by atoms with E-state index in [4.69, 9.17) is 14.3 Å². The van der Waals surface area contributed by atoms with Crippen LogP contribution in [0.1, 0.15) is 18.2 Å². The van der Waals surface area contributed by atoms with Crippen LogP contribution >= 0.6 is 0 Å². The molecular formula is C25H22N2O5. The summed E-state index contributed by atoms with van der Waals surface area (Å²) < 4.78 is 13.7. The highest BCUT2D eigenvalue weighted by Gasteiger charge is 2.46. The third-order valence-electron chi connectivity index (χ3n) is 5.71. The summed E-state index contributed by atoms with van der Waals surface area (Å²) in [6, 6.07) is 21.8. The number of hydrogen-bond donors (Lipinski definition) is 0. The van der Waals surface area contributed by atoms with E-state index in [1.54, 1.807) is 6.92 Å². The molecule has 1 aromatic heterocycles. The molecule has 3 heterocycles. The van der Waals surface area contributed by atoms with Crippen molar-refractivity contribution in [1.82, 2.24) is 9.63 Å². The highest BCUT2D eigenvalue weighted by molar-refractivity contribution is 5.92. The fraction of sp³-hybridized carbons (Fsp3) is 0.200. The van der Waals surface area contributed by atoms with Crippen LogP contribution in [0.5, 0.6) is 5.75 Å². The van der Waals surface area contributed by atoms with E-state index < -0.39 is 17.7 Å². The first-order valence-electron chi connectivity index (χ1n) is 10.4. The van der Waals surface area contributed by atoms with Crippen LogP contribution in [-0.4, -0.2) is 28.1 Å². The molecule has 2 aliphatic rings. The maximum atomic E-state index is 12.2. The summed E-state index contributed by atoms with van der Waals surface area (Å²) in [5.74, 6) is -0.404. The van der Waals surface area contributed by atoms with Crippen molar-refractivity contribution in [1.29, 1.82) is 0 Å². The lowest BCUT2D eigenvalue weighted by Crippen LogP contribution is -2.54. The zero-order chi connectivity index (χ0) is 22.1. The van der Waals surface area contributed by atoms with Gasteiger partial charge in [0.1, 0.15) is 12.4 Å². The minimum Gasteiger partial charge on any atom is -0.489 e. The highest BCUT2D eigenvalue weighted by atomic mass is 16.7. The molecule has 3 aromatic rings. The van der Waals surface area contributed by atoms with E-state index >= 15 is 0 Å². The molecule has 0 saturated heterocycles. The maximum absolute atomic E-state index is 12.2. The monoisotopic (exact) mass is 430 g/mol. The number of fused-ring (bicyclic) bond motifs is 3. The van der Waals surface area contributed by atoms with Gasteiger partial charge in [0.15, 0.2) is 0 Å². The quantitative estimate of drug-likeness (QED) is 0.587. The minimum absolute atomic E-state index is 0.385. The van der Waals surface area contributed by atoms with Gasteiger partial charge in [-0.05, 0) is 54.4 Å². The SMILES string of the molecule is CC12OC(=O)/C=C/C(=O)ON1CCn1c(-c3ccc(OCc4ccccc4)cc3)ccc12. The van der Waals surface area contributed by atoms with Crippen LogP contribution in [0.3, 0.4) is 0 Å². The molecule has 0 fully saturated rings. The number of carbonyl (C=O) groups is 2. The molecule has 0 amide bonds. The number of hydrogen-bond acceptors (Lipinski definition) is 6. The van der Waals surface area contributed by atoms with Crippen molar-refractivity contribution in [2.45, 2.75) is 25.8 Å². The molecule has 1 atom stereocenters. The lowest BCUT2D eigenvalue weighted by atomic mass is 10.1. The molecule has 0 radical (unpaired) electrons. The summed E-state index contributed by atoms with van der Waals surface area (Å²) in [6.07, 6.45) is 2.16. The van der Waals surface area contributed by atoms with Gasteiger partial charge in [-0.1, -0.05) is 35.4 Å². The Bertz CT molecular complexity index is 1180. The molecule has 2 aliphatic heterocycles. The smallest absolute Gasteiger partial charge is 0.350 e. The van der Waals surface area contributed by atoms with Gasteiger partial charge in [-0.2, -0.15) is 0 Å². The number of carbonyl (C=O) groups excluding carboxylic acids is 2. The molecule has 162 valence electrons. The van der Waals surface area contributed by atoms with Gasteiger partial charge in [0.2, 0.25) is 5.72 Å². The zero-order valence-corrected chi connectivity index (χ0v) is 17.6. The van der Waals surface area contributed by atoms with E-state index in [2.05, 4.69) is 4.57 Å². The number of hydroxylamine groups is 2. The first-order valence-corrected chi connectivity index (χ1v) is 10.4. The van der Waals surface area contributed by atoms with E-state index in [1.165, 1.54) is 5.06 Å². The van der Waals surface area contributed by atoms with Crippen molar-refractivity contribution in [3.63, 3.8) is 0 Å². The minimum atomic E-state index is -1.22. The largest absolute Gasteiger partial charge is 0.489 e. The number of rotatable bonds is 4. The van der Waals surface area contributed by atoms with Crippen LogP contribution in [0.15, 0.2) is 78.9 Å². The number of aromatic nitrogens is 1. The molecule has 0 bridgehead atoms. The van der Waals surface area contributed by atoms with Gasteiger partial charge >= 0.3 is 11.9 Å². The molecule has 7 nitrogen and oxygen atoms in total.